The van der Waals surface area contributed by atoms with Gasteiger partial charge in [0.25, 0.3) is 0 Å². The van der Waals surface area contributed by atoms with E-state index >= 15 is 0 Å². The largest absolute Gasteiger partial charge is 0.330 e. The molecule has 1 aliphatic rings. The molecule has 0 bridgehead atoms. The van der Waals surface area contributed by atoms with Gasteiger partial charge in [-0.05, 0) is 25.8 Å². The van der Waals surface area contributed by atoms with Crippen LogP contribution in [0.1, 0.15) is 19.3 Å². The number of nitrogens with zero attached hydrogens (tertiary/aromatic N) is 1. The number of hydrogen-bond donors (Lipinski definition) is 1. The highest BCUT2D eigenvalue weighted by Gasteiger charge is 2.33. The highest BCUT2D eigenvalue weighted by molar-refractivity contribution is 7.88. The molecule has 0 amide bonds. The summed E-state index contributed by atoms with van der Waals surface area (Å²) in [6.45, 7) is 1.34. The third kappa shape index (κ3) is 2.18. The van der Waals surface area contributed by atoms with Gasteiger partial charge >= 0.3 is 0 Å². The van der Waals surface area contributed by atoms with Gasteiger partial charge in [0.2, 0.25) is 10.0 Å². The van der Waals surface area contributed by atoms with Gasteiger partial charge in [0, 0.05) is 12.6 Å². The van der Waals surface area contributed by atoms with E-state index in [1.807, 2.05) is 0 Å². The predicted octanol–water partition coefficient (Wildman–Crippen LogP) is -0.241. The molecule has 1 fully saturated rings. The van der Waals surface area contributed by atoms with Gasteiger partial charge in [0.1, 0.15) is 0 Å². The van der Waals surface area contributed by atoms with Crippen LogP contribution in [0.5, 0.6) is 0 Å². The first-order valence-corrected chi connectivity index (χ1v) is 6.07. The molecule has 1 saturated heterocycles. The van der Waals surface area contributed by atoms with Crippen molar-refractivity contribution in [2.45, 2.75) is 25.3 Å². The number of sulfonamides is 1. The summed E-state index contributed by atoms with van der Waals surface area (Å²) in [6.07, 6.45) is 4.08. The average Bonchev–Trinajstić information content (AvgIpc) is 1.82. The number of hydrogen-bond acceptors (Lipinski definition) is 3. The summed E-state index contributed by atoms with van der Waals surface area (Å²) in [4.78, 5) is 0. The van der Waals surface area contributed by atoms with Crippen molar-refractivity contribution in [1.29, 1.82) is 0 Å². The van der Waals surface area contributed by atoms with Gasteiger partial charge < -0.3 is 5.73 Å². The summed E-state index contributed by atoms with van der Waals surface area (Å²) in [5.41, 5.74) is 5.34. The minimum atomic E-state index is -2.95. The second kappa shape index (κ2) is 3.72. The Morgan fingerprint density at radius 2 is 2.25 bits per heavy atom. The molecular formula is C7H16N2O2S. The van der Waals surface area contributed by atoms with Crippen molar-refractivity contribution in [3.8, 4) is 0 Å². The SMILES string of the molecule is CS(=O)(=O)N1CCC1CCCN. The molecule has 0 aromatic carbocycles. The van der Waals surface area contributed by atoms with Crippen molar-refractivity contribution in [3.63, 3.8) is 0 Å². The minimum absolute atomic E-state index is 0.226. The van der Waals surface area contributed by atoms with Crippen LogP contribution in [0.4, 0.5) is 0 Å². The Morgan fingerprint density at radius 3 is 2.58 bits per heavy atom. The fourth-order valence-electron chi connectivity index (χ4n) is 1.50. The van der Waals surface area contributed by atoms with Crippen LogP contribution in [-0.2, 0) is 10.0 Å². The van der Waals surface area contributed by atoms with E-state index in [-0.39, 0.29) is 6.04 Å². The fourth-order valence-corrected chi connectivity index (χ4v) is 2.68. The van der Waals surface area contributed by atoms with Crippen LogP contribution >= 0.6 is 0 Å². The quantitative estimate of drug-likeness (QED) is 0.668. The van der Waals surface area contributed by atoms with E-state index in [9.17, 15) is 8.42 Å². The van der Waals surface area contributed by atoms with Crippen molar-refractivity contribution < 1.29 is 8.42 Å². The van der Waals surface area contributed by atoms with Crippen LogP contribution < -0.4 is 5.73 Å². The molecule has 5 heteroatoms. The molecular weight excluding hydrogens is 176 g/mol. The Morgan fingerprint density at radius 1 is 1.58 bits per heavy atom. The predicted molar refractivity (Wildman–Crippen MR) is 48.2 cm³/mol. The van der Waals surface area contributed by atoms with E-state index in [0.717, 1.165) is 19.3 Å². The molecule has 12 heavy (non-hydrogen) atoms. The fraction of sp³-hybridized carbons (Fsp3) is 1.00. The molecule has 72 valence electrons. The van der Waals surface area contributed by atoms with Crippen LogP contribution in [0.15, 0.2) is 0 Å². The topological polar surface area (TPSA) is 63.4 Å². The van der Waals surface area contributed by atoms with E-state index in [4.69, 9.17) is 5.73 Å². The summed E-state index contributed by atoms with van der Waals surface area (Å²) >= 11 is 0. The molecule has 0 aliphatic carbocycles. The summed E-state index contributed by atoms with van der Waals surface area (Å²) in [5.74, 6) is 0. The highest BCUT2D eigenvalue weighted by atomic mass is 32.2. The molecule has 0 aromatic heterocycles. The third-order valence-electron chi connectivity index (χ3n) is 2.26. The molecule has 2 N–H and O–H groups in total. The molecule has 1 rings (SSSR count). The molecule has 4 nitrogen and oxygen atoms in total. The molecule has 1 atom stereocenters. The molecule has 1 heterocycles. The van der Waals surface area contributed by atoms with E-state index in [1.165, 1.54) is 6.26 Å². The zero-order valence-corrected chi connectivity index (χ0v) is 8.18. The monoisotopic (exact) mass is 192 g/mol. The van der Waals surface area contributed by atoms with Crippen molar-refractivity contribution in [2.24, 2.45) is 5.73 Å². The normalized spacial score (nSPS) is 25.3. The Kier molecular flexibility index (Phi) is 3.09. The van der Waals surface area contributed by atoms with E-state index in [2.05, 4.69) is 0 Å². The Balaban J connectivity index is 2.39. The van der Waals surface area contributed by atoms with Crippen molar-refractivity contribution in [3.05, 3.63) is 0 Å². The highest BCUT2D eigenvalue weighted by Crippen LogP contribution is 2.24. The van der Waals surface area contributed by atoms with Gasteiger partial charge in [-0.2, -0.15) is 4.31 Å². The molecule has 1 aliphatic heterocycles. The van der Waals surface area contributed by atoms with Crippen molar-refractivity contribution >= 4 is 10.0 Å². The van der Waals surface area contributed by atoms with E-state index in [0.29, 0.717) is 13.1 Å². The maximum Gasteiger partial charge on any atom is 0.211 e. The van der Waals surface area contributed by atoms with E-state index < -0.39 is 10.0 Å². The molecule has 0 aromatic rings. The second-order valence-corrected chi connectivity index (χ2v) is 5.18. The van der Waals surface area contributed by atoms with Crippen molar-refractivity contribution in [1.82, 2.24) is 4.31 Å². The second-order valence-electron chi connectivity index (χ2n) is 3.25. The maximum atomic E-state index is 11.1. The van der Waals surface area contributed by atoms with Crippen LogP contribution in [0.3, 0.4) is 0 Å². The molecule has 0 saturated carbocycles. The smallest absolute Gasteiger partial charge is 0.211 e. The lowest BCUT2D eigenvalue weighted by atomic mass is 10.0. The van der Waals surface area contributed by atoms with Crippen LogP contribution in [0, 0.1) is 0 Å². The zero-order chi connectivity index (χ0) is 9.19. The van der Waals surface area contributed by atoms with Crippen LogP contribution in [-0.4, -0.2) is 38.1 Å². The first-order valence-electron chi connectivity index (χ1n) is 4.22. The Labute approximate surface area is 73.8 Å². The number of rotatable bonds is 4. The van der Waals surface area contributed by atoms with Crippen LogP contribution in [0.25, 0.3) is 0 Å². The first kappa shape index (κ1) is 9.95. The lowest BCUT2D eigenvalue weighted by Gasteiger charge is -2.38. The lowest BCUT2D eigenvalue weighted by Crippen LogP contribution is -2.50. The van der Waals surface area contributed by atoms with Gasteiger partial charge in [-0.25, -0.2) is 8.42 Å². The minimum Gasteiger partial charge on any atom is -0.330 e. The third-order valence-corrected chi connectivity index (χ3v) is 3.59. The van der Waals surface area contributed by atoms with Gasteiger partial charge in [-0.3, -0.25) is 0 Å². The summed E-state index contributed by atoms with van der Waals surface area (Å²) in [5, 5.41) is 0. The van der Waals surface area contributed by atoms with Gasteiger partial charge in [0.15, 0.2) is 0 Å². The van der Waals surface area contributed by atoms with Gasteiger partial charge in [0.05, 0.1) is 6.26 Å². The molecule has 1 unspecified atom stereocenters. The maximum absolute atomic E-state index is 11.1. The summed E-state index contributed by atoms with van der Waals surface area (Å²) in [6, 6.07) is 0.226. The van der Waals surface area contributed by atoms with Crippen LogP contribution in [0.2, 0.25) is 0 Å². The number of nitrogens with two attached hydrogens (primary N) is 1. The standard InChI is InChI=1S/C7H16N2O2S/c1-12(10,11)9-6-4-7(9)3-2-5-8/h7H,2-6,8H2,1H3. The average molecular weight is 192 g/mol. The Bertz CT molecular complexity index is 238. The zero-order valence-electron chi connectivity index (χ0n) is 7.36. The lowest BCUT2D eigenvalue weighted by molar-refractivity contribution is 0.187. The summed E-state index contributed by atoms with van der Waals surface area (Å²) < 4.78 is 23.7. The first-order chi connectivity index (χ1) is 5.55. The molecule has 0 radical (unpaired) electrons. The van der Waals surface area contributed by atoms with Crippen molar-refractivity contribution in [2.75, 3.05) is 19.3 Å². The van der Waals surface area contributed by atoms with Gasteiger partial charge in [-0.1, -0.05) is 0 Å². The summed E-state index contributed by atoms with van der Waals surface area (Å²) in [7, 11) is -2.95. The van der Waals surface area contributed by atoms with Gasteiger partial charge in [-0.15, -0.1) is 0 Å². The molecule has 0 spiro atoms. The Hall–Kier alpha value is -0.130. The van der Waals surface area contributed by atoms with E-state index in [1.54, 1.807) is 4.31 Å².